The molecule has 0 atom stereocenters. The van der Waals surface area contributed by atoms with E-state index in [1.807, 2.05) is 36.4 Å². The van der Waals surface area contributed by atoms with E-state index in [-0.39, 0.29) is 0 Å². The molecule has 0 radical (unpaired) electrons. The van der Waals surface area contributed by atoms with Crippen LogP contribution in [-0.2, 0) is 19.2 Å². The Morgan fingerprint density at radius 3 is 0.611 bits per heavy atom. The van der Waals surface area contributed by atoms with Gasteiger partial charge in [0, 0.05) is 0 Å². The summed E-state index contributed by atoms with van der Waals surface area (Å²) in [6, 6.07) is 12.0. The van der Waals surface area contributed by atoms with Crippen LogP contribution in [0.5, 0.6) is 0 Å². The number of carboxylic acids is 4. The van der Waals surface area contributed by atoms with Crippen LogP contribution < -0.4 is 0 Å². The van der Waals surface area contributed by atoms with Gasteiger partial charge in [0.2, 0.25) is 0 Å². The molecule has 0 heterocycles. The van der Waals surface area contributed by atoms with Crippen LogP contribution in [0.4, 0.5) is 0 Å². The average Bonchev–Trinajstić information content (AvgIpc) is 2.32. The highest BCUT2D eigenvalue weighted by Crippen LogP contribution is 1.79. The van der Waals surface area contributed by atoms with Crippen LogP contribution in [0.15, 0.2) is 36.4 Å². The van der Waals surface area contributed by atoms with Gasteiger partial charge in [0.05, 0.1) is 0 Å². The van der Waals surface area contributed by atoms with Crippen molar-refractivity contribution in [3.8, 4) is 0 Å². The summed E-state index contributed by atoms with van der Waals surface area (Å²) < 4.78 is 0. The number of benzene rings is 1. The second kappa shape index (κ2) is 10.6. The first kappa shape index (κ1) is 17.5. The van der Waals surface area contributed by atoms with Gasteiger partial charge < -0.3 is 20.4 Å². The minimum atomic E-state index is -1.82. The van der Waals surface area contributed by atoms with Crippen LogP contribution in [0.3, 0.4) is 0 Å². The van der Waals surface area contributed by atoms with E-state index in [0.717, 1.165) is 0 Å². The monoisotopic (exact) mass is 258 g/mol. The van der Waals surface area contributed by atoms with Gasteiger partial charge in [-0.05, 0) is 0 Å². The van der Waals surface area contributed by atoms with Crippen LogP contribution in [0, 0.1) is 0 Å². The fourth-order valence-electron chi connectivity index (χ4n) is 0.385. The Morgan fingerprint density at radius 1 is 0.444 bits per heavy atom. The van der Waals surface area contributed by atoms with E-state index in [0.29, 0.717) is 0 Å². The third kappa shape index (κ3) is 15.6. The van der Waals surface area contributed by atoms with Crippen LogP contribution in [0.2, 0.25) is 0 Å². The quantitative estimate of drug-likeness (QED) is 0.475. The van der Waals surface area contributed by atoms with Crippen LogP contribution in [-0.4, -0.2) is 44.3 Å². The predicted octanol–water partition coefficient (Wildman–Crippen LogP) is -0.00220. The van der Waals surface area contributed by atoms with Gasteiger partial charge in [-0.25, -0.2) is 19.2 Å². The highest BCUT2D eigenvalue weighted by Gasteiger charge is 2.04. The van der Waals surface area contributed by atoms with Gasteiger partial charge in [-0.3, -0.25) is 0 Å². The lowest BCUT2D eigenvalue weighted by molar-refractivity contribution is -0.159. The summed E-state index contributed by atoms with van der Waals surface area (Å²) in [6.07, 6.45) is 0. The summed E-state index contributed by atoms with van der Waals surface area (Å²) in [5.74, 6) is -7.30. The molecule has 8 nitrogen and oxygen atoms in total. The van der Waals surface area contributed by atoms with Gasteiger partial charge in [-0.2, -0.15) is 0 Å². The van der Waals surface area contributed by atoms with E-state index < -0.39 is 23.9 Å². The van der Waals surface area contributed by atoms with Gasteiger partial charge in [-0.15, -0.1) is 0 Å². The van der Waals surface area contributed by atoms with Crippen LogP contribution >= 0.6 is 0 Å². The molecular formula is C10H10O8. The van der Waals surface area contributed by atoms with Gasteiger partial charge in [0.1, 0.15) is 0 Å². The third-order valence-corrected chi connectivity index (χ3v) is 1.03. The fourth-order valence-corrected chi connectivity index (χ4v) is 0.385. The van der Waals surface area contributed by atoms with E-state index in [2.05, 4.69) is 0 Å². The second-order valence-electron chi connectivity index (χ2n) is 2.38. The Balaban J connectivity index is 0. The Morgan fingerprint density at radius 2 is 0.556 bits per heavy atom. The smallest absolute Gasteiger partial charge is 0.414 e. The molecule has 0 fully saturated rings. The van der Waals surface area contributed by atoms with Gasteiger partial charge in [-0.1, -0.05) is 36.4 Å². The molecule has 1 aromatic rings. The van der Waals surface area contributed by atoms with Gasteiger partial charge in [0.15, 0.2) is 0 Å². The van der Waals surface area contributed by atoms with E-state index in [1.165, 1.54) is 0 Å². The molecular weight excluding hydrogens is 248 g/mol. The summed E-state index contributed by atoms with van der Waals surface area (Å²) in [6.45, 7) is 0. The Kier molecular flexibility index (Phi) is 10.3. The molecule has 1 aromatic carbocycles. The zero-order chi connectivity index (χ0) is 14.6. The molecule has 18 heavy (non-hydrogen) atoms. The molecule has 8 heteroatoms. The number of rotatable bonds is 0. The van der Waals surface area contributed by atoms with Gasteiger partial charge >= 0.3 is 23.9 Å². The summed E-state index contributed by atoms with van der Waals surface area (Å²) in [4.78, 5) is 36.4. The van der Waals surface area contributed by atoms with Gasteiger partial charge in [0.25, 0.3) is 0 Å². The maximum atomic E-state index is 9.10. The number of carbonyl (C=O) groups is 4. The molecule has 0 aliphatic carbocycles. The Hall–Kier alpha value is -2.90. The first-order valence-electron chi connectivity index (χ1n) is 4.21. The lowest BCUT2D eigenvalue weighted by Crippen LogP contribution is -2.09. The van der Waals surface area contributed by atoms with E-state index >= 15 is 0 Å². The number of aliphatic carboxylic acids is 4. The van der Waals surface area contributed by atoms with Crippen molar-refractivity contribution in [3.05, 3.63) is 36.4 Å². The normalized spacial score (nSPS) is 7.56. The summed E-state index contributed by atoms with van der Waals surface area (Å²) in [7, 11) is 0. The lowest BCUT2D eigenvalue weighted by atomic mass is 10.4. The molecule has 0 amide bonds. The minimum Gasteiger partial charge on any atom is -0.473 e. The van der Waals surface area contributed by atoms with Crippen LogP contribution in [0.25, 0.3) is 0 Å². The Labute approximate surface area is 101 Å². The molecule has 0 aliphatic heterocycles. The largest absolute Gasteiger partial charge is 0.473 e. The third-order valence-electron chi connectivity index (χ3n) is 1.03. The molecule has 1 rings (SSSR count). The highest BCUT2D eigenvalue weighted by atomic mass is 16.4. The lowest BCUT2D eigenvalue weighted by Gasteiger charge is -1.72. The van der Waals surface area contributed by atoms with Crippen molar-refractivity contribution >= 4 is 23.9 Å². The Bertz CT molecular complexity index is 323. The molecule has 98 valence electrons. The summed E-state index contributed by atoms with van der Waals surface area (Å²) >= 11 is 0. The molecule has 0 spiro atoms. The van der Waals surface area contributed by atoms with Crippen molar-refractivity contribution in [2.45, 2.75) is 0 Å². The fraction of sp³-hybridized carbons (Fsp3) is 0. The topological polar surface area (TPSA) is 149 Å². The highest BCUT2D eigenvalue weighted by molar-refractivity contribution is 6.27. The molecule has 0 bridgehead atoms. The van der Waals surface area contributed by atoms with E-state index in [4.69, 9.17) is 39.6 Å². The number of carboxylic acid groups (broad SMARTS) is 4. The number of hydrogen-bond donors (Lipinski definition) is 4. The first-order chi connectivity index (χ1) is 8.29. The molecule has 4 N–H and O–H groups in total. The average molecular weight is 258 g/mol. The van der Waals surface area contributed by atoms with Crippen molar-refractivity contribution in [1.29, 1.82) is 0 Å². The minimum absolute atomic E-state index is 1.82. The van der Waals surface area contributed by atoms with Crippen LogP contribution in [0.1, 0.15) is 0 Å². The van der Waals surface area contributed by atoms with Crippen molar-refractivity contribution in [1.82, 2.24) is 0 Å². The molecule has 0 saturated carbocycles. The van der Waals surface area contributed by atoms with E-state index in [9.17, 15) is 0 Å². The van der Waals surface area contributed by atoms with E-state index in [1.54, 1.807) is 0 Å². The summed E-state index contributed by atoms with van der Waals surface area (Å²) in [5, 5.41) is 29.6. The zero-order valence-corrected chi connectivity index (χ0v) is 8.89. The molecule has 0 aromatic heterocycles. The van der Waals surface area contributed by atoms with Crippen molar-refractivity contribution < 1.29 is 39.6 Å². The maximum Gasteiger partial charge on any atom is 0.414 e. The predicted molar refractivity (Wildman–Crippen MR) is 57.0 cm³/mol. The number of hydrogen-bond acceptors (Lipinski definition) is 4. The summed E-state index contributed by atoms with van der Waals surface area (Å²) in [5.41, 5.74) is 0. The standard InChI is InChI=1S/C6H6.2C2H2O4/c1-2-4-6-5-3-1;2*3-1(4)2(5)6/h1-6H;2*(H,3,4)(H,5,6). The van der Waals surface area contributed by atoms with Crippen molar-refractivity contribution in [2.75, 3.05) is 0 Å². The zero-order valence-electron chi connectivity index (χ0n) is 8.89. The van der Waals surface area contributed by atoms with Crippen molar-refractivity contribution in [2.24, 2.45) is 0 Å². The van der Waals surface area contributed by atoms with Crippen molar-refractivity contribution in [3.63, 3.8) is 0 Å². The molecule has 0 aliphatic rings. The SMILES string of the molecule is O=C(O)C(=O)O.O=C(O)C(=O)O.c1ccccc1. The maximum absolute atomic E-state index is 9.10. The molecule has 0 saturated heterocycles. The first-order valence-corrected chi connectivity index (χ1v) is 4.21. The second-order valence-corrected chi connectivity index (χ2v) is 2.38. The molecule has 0 unspecified atom stereocenters.